The fourth-order valence-corrected chi connectivity index (χ4v) is 3.91. The number of ether oxygens (including phenoxy) is 1. The maximum Gasteiger partial charge on any atom is 0.230 e. The van der Waals surface area contributed by atoms with Gasteiger partial charge in [0.25, 0.3) is 0 Å². The van der Waals surface area contributed by atoms with Gasteiger partial charge < -0.3 is 19.7 Å². The first kappa shape index (κ1) is 23.6. The van der Waals surface area contributed by atoms with E-state index >= 15 is 0 Å². The minimum atomic E-state index is -1.65. The fraction of sp³-hybridized carbons (Fsp3) is 0.192. The number of benzene rings is 1. The number of anilines is 2. The van der Waals surface area contributed by atoms with Crippen molar-refractivity contribution in [1.29, 1.82) is 0 Å². The zero-order valence-corrected chi connectivity index (χ0v) is 19.9. The van der Waals surface area contributed by atoms with E-state index in [-0.39, 0.29) is 5.15 Å². The normalized spacial score (nSPS) is 11.3. The molecule has 2 radical (unpaired) electrons. The van der Waals surface area contributed by atoms with Crippen LogP contribution >= 0.6 is 11.6 Å². The summed E-state index contributed by atoms with van der Waals surface area (Å²) in [5.74, 6) is 6.68. The third-order valence-electron chi connectivity index (χ3n) is 5.20. The van der Waals surface area contributed by atoms with Gasteiger partial charge in [-0.25, -0.2) is 4.98 Å². The highest BCUT2D eigenvalue weighted by Crippen LogP contribution is 2.30. The van der Waals surface area contributed by atoms with Gasteiger partial charge in [-0.15, -0.1) is 0 Å². The lowest BCUT2D eigenvalue weighted by molar-refractivity contribution is 0.199. The molecule has 0 saturated heterocycles. The monoisotopic (exact) mass is 473 g/mol. The highest BCUT2D eigenvalue weighted by Gasteiger charge is 2.18. The van der Waals surface area contributed by atoms with Gasteiger partial charge in [-0.2, -0.15) is 4.98 Å². The first-order valence-electron chi connectivity index (χ1n) is 10.5. The first-order valence-corrected chi connectivity index (χ1v) is 10.9. The van der Waals surface area contributed by atoms with Gasteiger partial charge in [-0.3, -0.25) is 4.98 Å². The van der Waals surface area contributed by atoms with Crippen molar-refractivity contribution in [2.45, 2.75) is 26.0 Å². The maximum absolute atomic E-state index is 9.89. The Labute approximate surface area is 203 Å². The van der Waals surface area contributed by atoms with E-state index in [1.165, 1.54) is 0 Å². The van der Waals surface area contributed by atoms with E-state index in [2.05, 4.69) is 41.0 Å². The van der Waals surface area contributed by atoms with Crippen LogP contribution in [-0.2, 0) is 6.54 Å². The Morgan fingerprint density at radius 3 is 2.62 bits per heavy atom. The summed E-state index contributed by atoms with van der Waals surface area (Å²) in [6, 6.07) is 9.57. The molecule has 3 aromatic heterocycles. The number of nitrogens with one attached hydrogen (secondary N) is 1. The lowest BCUT2D eigenvalue weighted by atomic mass is 10.1. The van der Waals surface area contributed by atoms with E-state index in [0.29, 0.717) is 29.1 Å². The number of methoxy groups -OCH3 is 1. The molecule has 0 atom stereocenters. The molecule has 7 nitrogen and oxygen atoms in total. The number of aryl methyl sites for hydroxylation is 1. The van der Waals surface area contributed by atoms with Gasteiger partial charge in [0.05, 0.1) is 30.3 Å². The van der Waals surface area contributed by atoms with Crippen molar-refractivity contribution in [3.63, 3.8) is 0 Å². The van der Waals surface area contributed by atoms with E-state index < -0.39 is 5.60 Å². The molecule has 0 aliphatic carbocycles. The van der Waals surface area contributed by atoms with Gasteiger partial charge in [0.1, 0.15) is 22.2 Å². The summed E-state index contributed by atoms with van der Waals surface area (Å²) in [7, 11) is 1.64. The highest BCUT2D eigenvalue weighted by atomic mass is 35.5. The van der Waals surface area contributed by atoms with E-state index in [4.69, 9.17) is 21.3 Å². The molecule has 0 amide bonds. The van der Waals surface area contributed by atoms with Crippen LogP contribution < -0.4 is 10.1 Å². The van der Waals surface area contributed by atoms with Crippen LogP contribution in [-0.4, -0.2) is 37.3 Å². The Morgan fingerprint density at radius 2 is 1.94 bits per heavy atom. The van der Waals surface area contributed by atoms with Gasteiger partial charge in [0.15, 0.2) is 0 Å². The van der Waals surface area contributed by atoms with Crippen molar-refractivity contribution >= 4 is 34.3 Å². The molecule has 0 unspecified atom stereocenters. The minimum Gasteiger partial charge on any atom is -0.496 e. The minimum absolute atomic E-state index is 0.231. The van der Waals surface area contributed by atoms with Gasteiger partial charge >= 0.3 is 0 Å². The molecule has 0 fully saturated rings. The van der Waals surface area contributed by atoms with Crippen molar-refractivity contribution < 1.29 is 9.84 Å². The standard InChI is InChI=1S/C26H24ClN5O2/c1-16-13-28-20(17(2)22(16)34-5)15-32-14-18(11-12-26(3,4)33)21-23(27)30-25(31-24(21)32)29-19-9-7-6-8-10-19/h6-10,13-14,33H,3-4,15H2,1-2,5H3,(H,29,30,31). The van der Waals surface area contributed by atoms with Crippen LogP contribution in [0.15, 0.2) is 42.7 Å². The summed E-state index contributed by atoms with van der Waals surface area (Å²) in [4.78, 5) is 13.7. The number of hydrogen-bond donors (Lipinski definition) is 2. The number of aromatic nitrogens is 4. The fourth-order valence-electron chi connectivity index (χ4n) is 3.64. The van der Waals surface area contributed by atoms with Crippen LogP contribution in [0.5, 0.6) is 5.75 Å². The Hall–Kier alpha value is -3.60. The summed E-state index contributed by atoms with van der Waals surface area (Å²) in [6.45, 7) is 11.4. The van der Waals surface area contributed by atoms with Gasteiger partial charge in [0, 0.05) is 29.2 Å². The van der Waals surface area contributed by atoms with Gasteiger partial charge in [0.2, 0.25) is 5.95 Å². The predicted octanol–water partition coefficient (Wildman–Crippen LogP) is 4.65. The SMILES string of the molecule is [CH2]C([CH2])(O)C#Cc1cn(Cc2ncc(C)c(OC)c2C)c2nc(Nc3ccccc3)nc(Cl)c12. The third-order valence-corrected chi connectivity index (χ3v) is 5.48. The van der Waals surface area contributed by atoms with Crippen molar-refractivity contribution in [1.82, 2.24) is 19.5 Å². The highest BCUT2D eigenvalue weighted by molar-refractivity contribution is 6.34. The van der Waals surface area contributed by atoms with E-state index in [0.717, 1.165) is 28.3 Å². The zero-order valence-electron chi connectivity index (χ0n) is 19.2. The molecule has 8 heteroatoms. The molecule has 0 bridgehead atoms. The molecule has 4 rings (SSSR count). The number of hydrogen-bond acceptors (Lipinski definition) is 6. The molecule has 0 saturated carbocycles. The summed E-state index contributed by atoms with van der Waals surface area (Å²) in [5, 5.41) is 13.9. The lowest BCUT2D eigenvalue weighted by Gasteiger charge is -2.13. The second-order valence-corrected chi connectivity index (χ2v) is 8.38. The molecule has 0 aliphatic heterocycles. The summed E-state index contributed by atoms with van der Waals surface area (Å²) in [6.07, 6.45) is 3.59. The number of aliphatic hydroxyl groups is 1. The first-order chi connectivity index (χ1) is 16.2. The van der Waals surface area contributed by atoms with Crippen LogP contribution in [0.1, 0.15) is 22.4 Å². The Morgan fingerprint density at radius 1 is 1.21 bits per heavy atom. The summed E-state index contributed by atoms with van der Waals surface area (Å²) < 4.78 is 7.46. The van der Waals surface area contributed by atoms with E-state index in [1.54, 1.807) is 13.3 Å². The number of halogens is 1. The number of nitrogens with zero attached hydrogens (tertiary/aromatic N) is 4. The topological polar surface area (TPSA) is 85.1 Å². The molecule has 4 aromatic rings. The van der Waals surface area contributed by atoms with Crippen LogP contribution in [0.4, 0.5) is 11.6 Å². The van der Waals surface area contributed by atoms with E-state index in [1.807, 2.05) is 54.9 Å². The van der Waals surface area contributed by atoms with Gasteiger partial charge in [-0.05, 0) is 39.8 Å². The average molecular weight is 474 g/mol. The van der Waals surface area contributed by atoms with Crippen LogP contribution in [0.2, 0.25) is 5.15 Å². The molecule has 2 N–H and O–H groups in total. The number of para-hydroxylation sites is 1. The molecule has 0 spiro atoms. The zero-order chi connectivity index (χ0) is 24.5. The predicted molar refractivity (Wildman–Crippen MR) is 134 cm³/mol. The number of pyridine rings is 1. The molecular formula is C26H24ClN5O2. The summed E-state index contributed by atoms with van der Waals surface area (Å²) >= 11 is 6.60. The van der Waals surface area contributed by atoms with E-state index in [9.17, 15) is 5.11 Å². The molecule has 34 heavy (non-hydrogen) atoms. The van der Waals surface area contributed by atoms with Crippen molar-refractivity contribution in [3.05, 3.63) is 84.1 Å². The second kappa shape index (κ2) is 9.34. The number of fused-ring (bicyclic) bond motifs is 1. The third kappa shape index (κ3) is 4.98. The lowest BCUT2D eigenvalue weighted by Crippen LogP contribution is -2.15. The largest absolute Gasteiger partial charge is 0.496 e. The molecule has 3 heterocycles. The molecular weight excluding hydrogens is 450 g/mol. The van der Waals surface area contributed by atoms with Crippen molar-refractivity contribution in [2.24, 2.45) is 0 Å². The second-order valence-electron chi connectivity index (χ2n) is 8.03. The smallest absolute Gasteiger partial charge is 0.230 e. The van der Waals surface area contributed by atoms with Crippen molar-refractivity contribution in [3.8, 4) is 17.6 Å². The maximum atomic E-state index is 9.89. The number of rotatable bonds is 5. The molecule has 1 aromatic carbocycles. The van der Waals surface area contributed by atoms with Crippen LogP contribution in [0.3, 0.4) is 0 Å². The average Bonchev–Trinajstić information content (AvgIpc) is 3.13. The Balaban J connectivity index is 1.86. The quantitative estimate of drug-likeness (QED) is 0.324. The van der Waals surface area contributed by atoms with Gasteiger partial charge in [-0.1, -0.05) is 41.6 Å². The van der Waals surface area contributed by atoms with Crippen LogP contribution in [0, 0.1) is 39.5 Å². The summed E-state index contributed by atoms with van der Waals surface area (Å²) in [5.41, 5.74) is 3.00. The van der Waals surface area contributed by atoms with Crippen molar-refractivity contribution in [2.75, 3.05) is 12.4 Å². The Kier molecular flexibility index (Phi) is 6.47. The van der Waals surface area contributed by atoms with Crippen LogP contribution in [0.25, 0.3) is 11.0 Å². The molecule has 0 aliphatic rings. The Bertz CT molecular complexity index is 1410. The molecule has 172 valence electrons.